The van der Waals surface area contributed by atoms with Crippen LogP contribution in [-0.2, 0) is 14.3 Å². The first-order chi connectivity index (χ1) is 8.04. The number of hydrogen-bond donors (Lipinski definition) is 1. The fourth-order valence-electron chi connectivity index (χ4n) is 1.15. The van der Waals surface area contributed by atoms with Gasteiger partial charge < -0.3 is 14.6 Å². The zero-order valence-electron chi connectivity index (χ0n) is 9.67. The van der Waals surface area contributed by atoms with Crippen molar-refractivity contribution in [3.63, 3.8) is 0 Å². The number of phenolic OH excluding ortho intramolecular Hbond substituents is 1. The lowest BCUT2D eigenvalue weighted by Gasteiger charge is -2.09. The number of methoxy groups -OCH3 is 1. The van der Waals surface area contributed by atoms with Crippen LogP contribution in [0.1, 0.15) is 17.3 Å². The highest BCUT2D eigenvalue weighted by atomic mass is 16.5. The number of phenols is 1. The average Bonchev–Trinajstić information content (AvgIpc) is 2.35. The highest BCUT2D eigenvalue weighted by molar-refractivity contribution is 5.89. The van der Waals surface area contributed by atoms with Crippen LogP contribution in [0.2, 0.25) is 0 Å². The van der Waals surface area contributed by atoms with Crippen LogP contribution >= 0.6 is 0 Å². The summed E-state index contributed by atoms with van der Waals surface area (Å²) in [7, 11) is 1.28. The van der Waals surface area contributed by atoms with Crippen LogP contribution < -0.4 is 0 Å². The van der Waals surface area contributed by atoms with Crippen LogP contribution in [0.15, 0.2) is 24.3 Å². The predicted molar refractivity (Wildman–Crippen MR) is 59.6 cm³/mol. The van der Waals surface area contributed by atoms with Gasteiger partial charge in [-0.25, -0.2) is 4.79 Å². The van der Waals surface area contributed by atoms with E-state index in [4.69, 9.17) is 9.84 Å². The Balaban J connectivity index is 2.50. The molecule has 0 aliphatic heterocycles. The van der Waals surface area contributed by atoms with Gasteiger partial charge in [0.25, 0.3) is 0 Å². The Morgan fingerprint density at radius 2 is 1.88 bits per heavy atom. The summed E-state index contributed by atoms with van der Waals surface area (Å²) in [5.41, 5.74) is 0.319. The summed E-state index contributed by atoms with van der Waals surface area (Å²) < 4.78 is 9.43. The molecule has 17 heavy (non-hydrogen) atoms. The van der Waals surface area contributed by atoms with E-state index in [1.54, 1.807) is 6.92 Å². The SMILES string of the molecule is COC(=O)[C@@H](C)COC(=O)c1ccc(O)cc1. The fourth-order valence-corrected chi connectivity index (χ4v) is 1.15. The van der Waals surface area contributed by atoms with Crippen molar-refractivity contribution in [3.05, 3.63) is 29.8 Å². The number of carbonyl (C=O) groups is 2. The van der Waals surface area contributed by atoms with Gasteiger partial charge in [-0.3, -0.25) is 4.79 Å². The van der Waals surface area contributed by atoms with Gasteiger partial charge in [0.05, 0.1) is 18.6 Å². The standard InChI is InChI=1S/C12H14O5/c1-8(11(14)16-2)7-17-12(15)9-3-5-10(13)6-4-9/h3-6,8,13H,7H2,1-2H3/t8-/m0/s1. The summed E-state index contributed by atoms with van der Waals surface area (Å²) >= 11 is 0. The van der Waals surface area contributed by atoms with Crippen LogP contribution in [0.5, 0.6) is 5.75 Å². The molecule has 0 fully saturated rings. The van der Waals surface area contributed by atoms with Crippen molar-refractivity contribution in [2.75, 3.05) is 13.7 Å². The van der Waals surface area contributed by atoms with E-state index in [1.807, 2.05) is 0 Å². The molecule has 0 aliphatic carbocycles. The largest absolute Gasteiger partial charge is 0.508 e. The third-order valence-electron chi connectivity index (χ3n) is 2.17. The molecule has 1 aromatic rings. The normalized spacial score (nSPS) is 11.6. The van der Waals surface area contributed by atoms with E-state index >= 15 is 0 Å². The number of benzene rings is 1. The van der Waals surface area contributed by atoms with Gasteiger partial charge in [0.1, 0.15) is 12.4 Å². The zero-order valence-corrected chi connectivity index (χ0v) is 9.67. The van der Waals surface area contributed by atoms with Crippen LogP contribution in [0, 0.1) is 5.92 Å². The maximum atomic E-state index is 11.5. The Morgan fingerprint density at radius 3 is 2.41 bits per heavy atom. The van der Waals surface area contributed by atoms with Gasteiger partial charge in [0.15, 0.2) is 0 Å². The summed E-state index contributed by atoms with van der Waals surface area (Å²) in [5, 5.41) is 9.05. The van der Waals surface area contributed by atoms with E-state index in [0.717, 1.165) is 0 Å². The second kappa shape index (κ2) is 5.89. The van der Waals surface area contributed by atoms with E-state index in [9.17, 15) is 9.59 Å². The molecule has 1 atom stereocenters. The molecular weight excluding hydrogens is 224 g/mol. The maximum absolute atomic E-state index is 11.5. The number of ether oxygens (including phenoxy) is 2. The zero-order chi connectivity index (χ0) is 12.8. The Kier molecular flexibility index (Phi) is 4.51. The van der Waals surface area contributed by atoms with Gasteiger partial charge >= 0.3 is 11.9 Å². The van der Waals surface area contributed by atoms with E-state index < -0.39 is 17.9 Å². The first kappa shape index (κ1) is 13.0. The van der Waals surface area contributed by atoms with Crippen molar-refractivity contribution in [1.29, 1.82) is 0 Å². The predicted octanol–water partition coefficient (Wildman–Crippen LogP) is 1.36. The minimum atomic E-state index is -0.541. The second-order valence-corrected chi connectivity index (χ2v) is 3.57. The van der Waals surface area contributed by atoms with Crippen molar-refractivity contribution < 1.29 is 24.2 Å². The molecule has 0 saturated heterocycles. The summed E-state index contributed by atoms with van der Waals surface area (Å²) in [4.78, 5) is 22.6. The Hall–Kier alpha value is -2.04. The highest BCUT2D eigenvalue weighted by Crippen LogP contribution is 2.11. The first-order valence-electron chi connectivity index (χ1n) is 5.08. The van der Waals surface area contributed by atoms with Crippen LogP contribution in [0.3, 0.4) is 0 Å². The lowest BCUT2D eigenvalue weighted by Crippen LogP contribution is -2.20. The van der Waals surface area contributed by atoms with Crippen LogP contribution in [0.25, 0.3) is 0 Å². The summed E-state index contributed by atoms with van der Waals surface area (Å²) in [6.07, 6.45) is 0. The molecule has 0 amide bonds. The lowest BCUT2D eigenvalue weighted by atomic mass is 10.2. The average molecular weight is 238 g/mol. The van der Waals surface area contributed by atoms with Crippen molar-refractivity contribution in [3.8, 4) is 5.75 Å². The number of rotatable bonds is 4. The van der Waals surface area contributed by atoms with Gasteiger partial charge in [0.2, 0.25) is 0 Å². The smallest absolute Gasteiger partial charge is 0.338 e. The topological polar surface area (TPSA) is 72.8 Å². The molecule has 5 nitrogen and oxygen atoms in total. The molecule has 0 saturated carbocycles. The third kappa shape index (κ3) is 3.79. The molecule has 0 heterocycles. The van der Waals surface area contributed by atoms with Crippen LogP contribution in [0.4, 0.5) is 0 Å². The van der Waals surface area contributed by atoms with Crippen molar-refractivity contribution in [2.24, 2.45) is 5.92 Å². The quantitative estimate of drug-likeness (QED) is 0.802. The number of hydrogen-bond acceptors (Lipinski definition) is 5. The molecule has 0 unspecified atom stereocenters. The van der Waals surface area contributed by atoms with Crippen molar-refractivity contribution in [2.45, 2.75) is 6.92 Å². The van der Waals surface area contributed by atoms with Crippen molar-refractivity contribution >= 4 is 11.9 Å². The molecule has 1 aromatic carbocycles. The molecule has 5 heteroatoms. The van der Waals surface area contributed by atoms with Crippen molar-refractivity contribution in [1.82, 2.24) is 0 Å². The highest BCUT2D eigenvalue weighted by Gasteiger charge is 2.16. The Morgan fingerprint density at radius 1 is 1.29 bits per heavy atom. The molecule has 0 aliphatic rings. The number of aromatic hydroxyl groups is 1. The molecule has 0 spiro atoms. The molecule has 1 rings (SSSR count). The minimum absolute atomic E-state index is 0.0353. The summed E-state index contributed by atoms with van der Waals surface area (Å²) in [5.74, 6) is -1.39. The van der Waals surface area contributed by atoms with E-state index in [-0.39, 0.29) is 12.4 Å². The number of carbonyl (C=O) groups excluding carboxylic acids is 2. The summed E-state index contributed by atoms with van der Waals surface area (Å²) in [6.45, 7) is 1.57. The molecule has 0 aromatic heterocycles. The molecule has 1 N–H and O–H groups in total. The number of esters is 2. The molecular formula is C12H14O5. The van der Waals surface area contributed by atoms with Crippen LogP contribution in [-0.4, -0.2) is 30.8 Å². The Bertz CT molecular complexity index is 396. The lowest BCUT2D eigenvalue weighted by molar-refractivity contribution is -0.146. The van der Waals surface area contributed by atoms with Gasteiger partial charge in [0, 0.05) is 0 Å². The summed E-state index contributed by atoms with van der Waals surface area (Å²) in [6, 6.07) is 5.67. The van der Waals surface area contributed by atoms with Gasteiger partial charge in [-0.2, -0.15) is 0 Å². The van der Waals surface area contributed by atoms with E-state index in [0.29, 0.717) is 5.56 Å². The monoisotopic (exact) mass is 238 g/mol. The second-order valence-electron chi connectivity index (χ2n) is 3.57. The molecule has 0 bridgehead atoms. The van der Waals surface area contributed by atoms with E-state index in [1.165, 1.54) is 31.4 Å². The van der Waals surface area contributed by atoms with Gasteiger partial charge in [-0.15, -0.1) is 0 Å². The first-order valence-corrected chi connectivity index (χ1v) is 5.08. The van der Waals surface area contributed by atoms with Gasteiger partial charge in [-0.1, -0.05) is 0 Å². The maximum Gasteiger partial charge on any atom is 0.338 e. The Labute approximate surface area is 99.0 Å². The van der Waals surface area contributed by atoms with Gasteiger partial charge in [-0.05, 0) is 31.2 Å². The molecule has 92 valence electrons. The fraction of sp³-hybridized carbons (Fsp3) is 0.333. The third-order valence-corrected chi connectivity index (χ3v) is 2.17. The molecule has 0 radical (unpaired) electrons. The minimum Gasteiger partial charge on any atom is -0.508 e. The van der Waals surface area contributed by atoms with E-state index in [2.05, 4.69) is 4.74 Å².